The predicted molar refractivity (Wildman–Crippen MR) is 74.0 cm³/mol. The van der Waals surface area contributed by atoms with E-state index in [1.54, 1.807) is 31.1 Å². The highest BCUT2D eigenvalue weighted by molar-refractivity contribution is 6.52. The molecule has 0 aromatic carbocycles. The van der Waals surface area contributed by atoms with E-state index in [2.05, 4.69) is 4.98 Å². The molecule has 1 fully saturated rings. The van der Waals surface area contributed by atoms with Crippen molar-refractivity contribution in [3.63, 3.8) is 0 Å². The van der Waals surface area contributed by atoms with Crippen LogP contribution in [0.1, 0.15) is 39.0 Å². The summed E-state index contributed by atoms with van der Waals surface area (Å²) in [5.41, 5.74) is 0.323. The van der Waals surface area contributed by atoms with Gasteiger partial charge >= 0.3 is 7.12 Å². The third kappa shape index (κ3) is 2.87. The van der Waals surface area contributed by atoms with Gasteiger partial charge in [0.1, 0.15) is 0 Å². The molecule has 2 rings (SSSR count). The molecule has 1 aromatic heterocycles. The molecule has 5 heteroatoms. The van der Waals surface area contributed by atoms with Gasteiger partial charge in [0, 0.05) is 11.3 Å². The first-order valence-corrected chi connectivity index (χ1v) is 6.38. The molecule has 3 nitrogen and oxygen atoms in total. The zero-order valence-electron chi connectivity index (χ0n) is 12.0. The molecule has 1 aliphatic heterocycles. The number of hydrogen-bond donors (Lipinski definition) is 0. The highest BCUT2D eigenvalue weighted by Crippen LogP contribution is 2.37. The molecule has 0 saturated carbocycles. The smallest absolute Gasteiger partial charge is 0.400 e. The van der Waals surface area contributed by atoms with Crippen molar-refractivity contribution in [3.8, 4) is 0 Å². The molecule has 2 heterocycles. The zero-order valence-corrected chi connectivity index (χ0v) is 12.0. The number of nitrogens with zero attached hydrogens (tertiary/aromatic N) is 1. The fourth-order valence-corrected chi connectivity index (χ4v) is 1.81. The molecule has 0 spiro atoms. The van der Waals surface area contributed by atoms with E-state index in [4.69, 9.17) is 9.31 Å². The zero-order chi connectivity index (χ0) is 14.3. The number of aryl methyl sites for hydroxylation is 1. The van der Waals surface area contributed by atoms with Crippen molar-refractivity contribution in [3.05, 3.63) is 35.3 Å². The second-order valence-corrected chi connectivity index (χ2v) is 5.82. The Kier molecular flexibility index (Phi) is 3.54. The van der Waals surface area contributed by atoms with Crippen molar-refractivity contribution in [1.29, 1.82) is 0 Å². The van der Waals surface area contributed by atoms with Crippen LogP contribution in [0.4, 0.5) is 4.39 Å². The van der Waals surface area contributed by atoms with Crippen molar-refractivity contribution in [2.24, 2.45) is 0 Å². The lowest BCUT2D eigenvalue weighted by molar-refractivity contribution is 0.00578. The van der Waals surface area contributed by atoms with Crippen molar-refractivity contribution in [1.82, 2.24) is 4.98 Å². The number of rotatable bonds is 2. The summed E-state index contributed by atoms with van der Waals surface area (Å²) < 4.78 is 25.2. The number of halogens is 1. The normalized spacial score (nSPS) is 21.3. The first-order valence-electron chi connectivity index (χ1n) is 6.38. The summed E-state index contributed by atoms with van der Waals surface area (Å²) >= 11 is 0. The number of pyridine rings is 1. The molecule has 1 aromatic rings. The average Bonchev–Trinajstić information content (AvgIpc) is 2.46. The van der Waals surface area contributed by atoms with Crippen LogP contribution in [0.3, 0.4) is 0 Å². The van der Waals surface area contributed by atoms with Gasteiger partial charge in [-0.05, 0) is 46.8 Å². The van der Waals surface area contributed by atoms with Crippen molar-refractivity contribution < 1.29 is 13.7 Å². The first-order chi connectivity index (χ1) is 8.71. The monoisotopic (exact) mass is 263 g/mol. The molecule has 0 bridgehead atoms. The molecule has 0 atom stereocenters. The summed E-state index contributed by atoms with van der Waals surface area (Å²) in [7, 11) is -0.467. The Morgan fingerprint density at radius 3 is 2.26 bits per heavy atom. The van der Waals surface area contributed by atoms with Gasteiger partial charge in [0.05, 0.1) is 11.2 Å². The van der Waals surface area contributed by atoms with E-state index in [1.807, 2.05) is 27.7 Å². The molecular weight excluding hydrogens is 244 g/mol. The van der Waals surface area contributed by atoms with Gasteiger partial charge in [-0.25, -0.2) is 4.98 Å². The summed E-state index contributed by atoms with van der Waals surface area (Å²) in [5, 5.41) is 0. The van der Waals surface area contributed by atoms with Gasteiger partial charge in [0.15, 0.2) is 0 Å². The van der Waals surface area contributed by atoms with Crippen molar-refractivity contribution in [2.45, 2.75) is 45.8 Å². The highest BCUT2D eigenvalue weighted by atomic mass is 19.1. The Bertz CT molecular complexity index is 498. The largest absolute Gasteiger partial charge is 0.487 e. The molecule has 0 unspecified atom stereocenters. The van der Waals surface area contributed by atoms with Gasteiger partial charge in [-0.1, -0.05) is 12.1 Å². The molecular formula is C14H19BFNO2. The van der Waals surface area contributed by atoms with E-state index in [9.17, 15) is 4.39 Å². The summed E-state index contributed by atoms with van der Waals surface area (Å²) in [6, 6.07) is 3.46. The maximum absolute atomic E-state index is 13.6. The van der Waals surface area contributed by atoms with E-state index < -0.39 is 13.1 Å². The standard InChI is InChI=1S/C14H19BFNO2/c1-10-6-7-11(12(16)17-10)8-9-15-18-13(2,3)14(4,5)19-15/h6-9H,1-5H3/b9-8+. The minimum Gasteiger partial charge on any atom is -0.400 e. The molecule has 102 valence electrons. The Morgan fingerprint density at radius 1 is 1.16 bits per heavy atom. The second-order valence-electron chi connectivity index (χ2n) is 5.82. The van der Waals surface area contributed by atoms with Crippen LogP contribution in [0, 0.1) is 12.9 Å². The molecule has 0 radical (unpaired) electrons. The summed E-state index contributed by atoms with van der Waals surface area (Å²) in [4.78, 5) is 3.78. The molecule has 1 saturated heterocycles. The van der Waals surface area contributed by atoms with Gasteiger partial charge in [-0.2, -0.15) is 4.39 Å². The lowest BCUT2D eigenvalue weighted by Gasteiger charge is -2.32. The molecule has 19 heavy (non-hydrogen) atoms. The second kappa shape index (κ2) is 4.73. The maximum atomic E-state index is 13.6. The van der Waals surface area contributed by atoms with Crippen LogP contribution in [-0.2, 0) is 9.31 Å². The van der Waals surface area contributed by atoms with Gasteiger partial charge < -0.3 is 9.31 Å². The third-order valence-electron chi connectivity index (χ3n) is 3.72. The summed E-state index contributed by atoms with van der Waals surface area (Å²) in [5.74, 6) is 1.24. The lowest BCUT2D eigenvalue weighted by Crippen LogP contribution is -2.41. The van der Waals surface area contributed by atoms with Crippen molar-refractivity contribution >= 4 is 13.2 Å². The van der Waals surface area contributed by atoms with E-state index in [1.165, 1.54) is 0 Å². The minimum absolute atomic E-state index is 0.383. The lowest BCUT2D eigenvalue weighted by atomic mass is 9.89. The molecule has 0 amide bonds. The quantitative estimate of drug-likeness (QED) is 0.606. The average molecular weight is 263 g/mol. The molecule has 1 aliphatic rings. The van der Waals surface area contributed by atoms with Crippen LogP contribution in [0.15, 0.2) is 18.1 Å². The van der Waals surface area contributed by atoms with E-state index in [-0.39, 0.29) is 11.2 Å². The fourth-order valence-electron chi connectivity index (χ4n) is 1.81. The van der Waals surface area contributed by atoms with Gasteiger partial charge in [-0.3, -0.25) is 0 Å². The Balaban J connectivity index is 2.13. The highest BCUT2D eigenvalue weighted by Gasteiger charge is 2.49. The molecule has 0 N–H and O–H groups in total. The molecule has 0 aliphatic carbocycles. The number of hydrogen-bond acceptors (Lipinski definition) is 3. The van der Waals surface area contributed by atoms with Crippen LogP contribution in [0.25, 0.3) is 6.08 Å². The fraction of sp³-hybridized carbons (Fsp3) is 0.500. The van der Waals surface area contributed by atoms with Gasteiger partial charge in [0.2, 0.25) is 5.95 Å². The van der Waals surface area contributed by atoms with Crippen LogP contribution >= 0.6 is 0 Å². The maximum Gasteiger partial charge on any atom is 0.487 e. The van der Waals surface area contributed by atoms with E-state index in [0.29, 0.717) is 11.3 Å². The van der Waals surface area contributed by atoms with Gasteiger partial charge in [0.25, 0.3) is 0 Å². The van der Waals surface area contributed by atoms with Crippen LogP contribution < -0.4 is 0 Å². The number of aromatic nitrogens is 1. The Morgan fingerprint density at radius 2 is 1.74 bits per heavy atom. The van der Waals surface area contributed by atoms with E-state index >= 15 is 0 Å². The van der Waals surface area contributed by atoms with E-state index in [0.717, 1.165) is 0 Å². The summed E-state index contributed by atoms with van der Waals surface area (Å²) in [6.07, 6.45) is 1.64. The van der Waals surface area contributed by atoms with Crippen LogP contribution in [0.2, 0.25) is 0 Å². The third-order valence-corrected chi connectivity index (χ3v) is 3.72. The predicted octanol–water partition coefficient (Wildman–Crippen LogP) is 3.17. The first kappa shape index (κ1) is 14.2. The Hall–Kier alpha value is -1.20. The van der Waals surface area contributed by atoms with Crippen LogP contribution in [0.5, 0.6) is 0 Å². The SMILES string of the molecule is Cc1ccc(/C=C/B2OC(C)(C)C(C)(C)O2)c(F)n1. The van der Waals surface area contributed by atoms with Gasteiger partial charge in [-0.15, -0.1) is 0 Å². The van der Waals surface area contributed by atoms with Crippen molar-refractivity contribution in [2.75, 3.05) is 0 Å². The Labute approximate surface area is 114 Å². The minimum atomic E-state index is -0.479. The topological polar surface area (TPSA) is 31.4 Å². The van der Waals surface area contributed by atoms with Crippen LogP contribution in [-0.4, -0.2) is 23.3 Å². The summed E-state index contributed by atoms with van der Waals surface area (Å²) in [6.45, 7) is 9.68.